The van der Waals surface area contributed by atoms with E-state index >= 15 is 0 Å². The molecule has 1 aliphatic rings. The Morgan fingerprint density at radius 3 is 2.65 bits per heavy atom. The summed E-state index contributed by atoms with van der Waals surface area (Å²) in [5.74, 6) is -1.08. The van der Waals surface area contributed by atoms with Crippen molar-refractivity contribution in [1.29, 1.82) is 0 Å². The molecule has 94 valence electrons. The molecule has 0 atom stereocenters. The Morgan fingerprint density at radius 1 is 1.47 bits per heavy atom. The van der Waals surface area contributed by atoms with Crippen LogP contribution in [-0.2, 0) is 14.3 Å². The minimum atomic E-state index is -1.03. The SMILES string of the molecule is CCCC/C=C(C)/C(C(=O)O)=C1/CCC(=O)O1. The largest absolute Gasteiger partial charge is 0.478 e. The van der Waals surface area contributed by atoms with Gasteiger partial charge in [0.2, 0.25) is 0 Å². The van der Waals surface area contributed by atoms with Crippen LogP contribution < -0.4 is 0 Å². The molecule has 0 amide bonds. The van der Waals surface area contributed by atoms with Crippen LogP contribution in [0, 0.1) is 0 Å². The summed E-state index contributed by atoms with van der Waals surface area (Å²) in [6.07, 6.45) is 5.50. The third-order valence-electron chi connectivity index (χ3n) is 2.69. The van der Waals surface area contributed by atoms with Gasteiger partial charge in [-0.2, -0.15) is 0 Å². The fourth-order valence-electron chi connectivity index (χ4n) is 1.76. The van der Waals surface area contributed by atoms with Crippen LogP contribution in [-0.4, -0.2) is 17.0 Å². The van der Waals surface area contributed by atoms with Gasteiger partial charge in [0.25, 0.3) is 0 Å². The second-order valence-electron chi connectivity index (χ2n) is 4.11. The Hall–Kier alpha value is -1.58. The van der Waals surface area contributed by atoms with Gasteiger partial charge < -0.3 is 9.84 Å². The normalized spacial score (nSPS) is 19.2. The first-order valence-electron chi connectivity index (χ1n) is 5.90. The number of allylic oxidation sites excluding steroid dienone is 2. The molecule has 1 aliphatic heterocycles. The Labute approximate surface area is 101 Å². The van der Waals surface area contributed by atoms with E-state index in [9.17, 15) is 9.59 Å². The molecule has 0 aromatic heterocycles. The molecule has 0 aliphatic carbocycles. The third-order valence-corrected chi connectivity index (χ3v) is 2.69. The number of esters is 1. The zero-order chi connectivity index (χ0) is 12.8. The van der Waals surface area contributed by atoms with Gasteiger partial charge in [-0.3, -0.25) is 4.79 Å². The van der Waals surface area contributed by atoms with E-state index in [1.807, 2.05) is 6.08 Å². The van der Waals surface area contributed by atoms with Crippen LogP contribution in [0.5, 0.6) is 0 Å². The van der Waals surface area contributed by atoms with Crippen LogP contribution >= 0.6 is 0 Å². The number of rotatable bonds is 5. The van der Waals surface area contributed by atoms with Crippen LogP contribution in [0.2, 0.25) is 0 Å². The maximum absolute atomic E-state index is 11.2. The topological polar surface area (TPSA) is 63.6 Å². The second kappa shape index (κ2) is 6.23. The van der Waals surface area contributed by atoms with E-state index in [4.69, 9.17) is 9.84 Å². The first kappa shape index (κ1) is 13.5. The smallest absolute Gasteiger partial charge is 0.339 e. The lowest BCUT2D eigenvalue weighted by atomic mass is 10.0. The van der Waals surface area contributed by atoms with Gasteiger partial charge in [-0.05, 0) is 18.9 Å². The number of hydrogen-bond acceptors (Lipinski definition) is 3. The van der Waals surface area contributed by atoms with E-state index in [1.54, 1.807) is 6.92 Å². The Balaban J connectivity index is 2.90. The molecule has 4 nitrogen and oxygen atoms in total. The highest BCUT2D eigenvalue weighted by atomic mass is 16.5. The fourth-order valence-corrected chi connectivity index (χ4v) is 1.76. The predicted octanol–water partition coefficient (Wildman–Crippen LogP) is 2.80. The maximum atomic E-state index is 11.2. The highest BCUT2D eigenvalue weighted by Gasteiger charge is 2.25. The first-order valence-corrected chi connectivity index (χ1v) is 5.90. The van der Waals surface area contributed by atoms with Crippen LogP contribution in [0.15, 0.2) is 23.0 Å². The average molecular weight is 238 g/mol. The average Bonchev–Trinajstić information content (AvgIpc) is 2.65. The van der Waals surface area contributed by atoms with Gasteiger partial charge in [-0.15, -0.1) is 0 Å². The molecule has 0 radical (unpaired) electrons. The van der Waals surface area contributed by atoms with Gasteiger partial charge in [0.05, 0.1) is 6.42 Å². The molecule has 0 aromatic carbocycles. The monoisotopic (exact) mass is 238 g/mol. The van der Waals surface area contributed by atoms with Crippen LogP contribution in [0.3, 0.4) is 0 Å². The lowest BCUT2D eigenvalue weighted by Gasteiger charge is -2.06. The summed E-state index contributed by atoms with van der Waals surface area (Å²) in [6.45, 7) is 3.83. The number of aliphatic carboxylic acids is 1. The van der Waals surface area contributed by atoms with Gasteiger partial charge in [0, 0.05) is 6.42 Å². The fraction of sp³-hybridized carbons (Fsp3) is 0.538. The van der Waals surface area contributed by atoms with Gasteiger partial charge >= 0.3 is 11.9 Å². The zero-order valence-corrected chi connectivity index (χ0v) is 10.3. The number of carbonyl (C=O) groups is 2. The molecule has 1 rings (SSSR count). The van der Waals surface area contributed by atoms with E-state index < -0.39 is 5.97 Å². The van der Waals surface area contributed by atoms with Gasteiger partial charge in [0.15, 0.2) is 0 Å². The molecule has 1 fully saturated rings. The molecule has 0 saturated carbocycles. The number of cyclic esters (lactones) is 1. The van der Waals surface area contributed by atoms with E-state index in [-0.39, 0.29) is 18.0 Å². The number of carbonyl (C=O) groups excluding carboxylic acids is 1. The summed E-state index contributed by atoms with van der Waals surface area (Å²) < 4.78 is 4.93. The van der Waals surface area contributed by atoms with Gasteiger partial charge in [-0.1, -0.05) is 25.8 Å². The molecule has 1 saturated heterocycles. The summed E-state index contributed by atoms with van der Waals surface area (Å²) in [4.78, 5) is 22.2. The quantitative estimate of drug-likeness (QED) is 0.454. The van der Waals surface area contributed by atoms with E-state index in [0.29, 0.717) is 17.8 Å². The summed E-state index contributed by atoms with van der Waals surface area (Å²) in [6, 6.07) is 0. The van der Waals surface area contributed by atoms with Crippen LogP contribution in [0.4, 0.5) is 0 Å². The maximum Gasteiger partial charge on any atom is 0.339 e. The van der Waals surface area contributed by atoms with E-state index in [2.05, 4.69) is 6.92 Å². The summed E-state index contributed by atoms with van der Waals surface area (Å²) in [5, 5.41) is 9.16. The molecule has 17 heavy (non-hydrogen) atoms. The van der Waals surface area contributed by atoms with E-state index in [0.717, 1.165) is 19.3 Å². The molecule has 0 aromatic rings. The van der Waals surface area contributed by atoms with Crippen molar-refractivity contribution in [3.05, 3.63) is 23.0 Å². The number of carboxylic acid groups (broad SMARTS) is 1. The standard InChI is InChI=1S/C13H18O4/c1-3-4-5-6-9(2)12(13(15)16)10-7-8-11(14)17-10/h6H,3-5,7-8H2,1-2H3,(H,15,16)/b9-6+,12-10+. The molecular weight excluding hydrogens is 220 g/mol. The molecular formula is C13H18O4. The summed E-state index contributed by atoms with van der Waals surface area (Å²) >= 11 is 0. The minimum Gasteiger partial charge on any atom is -0.478 e. The summed E-state index contributed by atoms with van der Waals surface area (Å²) in [5.41, 5.74) is 0.822. The molecule has 1 N–H and O–H groups in total. The number of carboxylic acids is 1. The number of ether oxygens (including phenoxy) is 1. The van der Waals surface area contributed by atoms with Crippen LogP contribution in [0.25, 0.3) is 0 Å². The second-order valence-corrected chi connectivity index (χ2v) is 4.11. The lowest BCUT2D eigenvalue weighted by Crippen LogP contribution is -2.06. The molecule has 0 unspecified atom stereocenters. The van der Waals surface area contributed by atoms with E-state index in [1.165, 1.54) is 0 Å². The van der Waals surface area contributed by atoms with Crippen molar-refractivity contribution in [2.45, 2.75) is 46.0 Å². The number of unbranched alkanes of at least 4 members (excludes halogenated alkanes) is 2. The highest BCUT2D eigenvalue weighted by Crippen LogP contribution is 2.26. The third kappa shape index (κ3) is 3.73. The van der Waals surface area contributed by atoms with Crippen molar-refractivity contribution in [1.82, 2.24) is 0 Å². The number of hydrogen-bond donors (Lipinski definition) is 1. The van der Waals surface area contributed by atoms with Gasteiger partial charge in [-0.25, -0.2) is 4.79 Å². The summed E-state index contributed by atoms with van der Waals surface area (Å²) in [7, 11) is 0. The lowest BCUT2D eigenvalue weighted by molar-refractivity contribution is -0.135. The van der Waals surface area contributed by atoms with Crippen LogP contribution in [0.1, 0.15) is 46.0 Å². The molecule has 0 bridgehead atoms. The minimum absolute atomic E-state index is 0.145. The Bertz CT molecular complexity index is 377. The van der Waals surface area contributed by atoms with Crippen molar-refractivity contribution in [3.63, 3.8) is 0 Å². The first-order chi connectivity index (χ1) is 8.06. The molecule has 0 spiro atoms. The van der Waals surface area contributed by atoms with Gasteiger partial charge in [0.1, 0.15) is 11.3 Å². The predicted molar refractivity (Wildman–Crippen MR) is 63.3 cm³/mol. The van der Waals surface area contributed by atoms with Crippen molar-refractivity contribution in [3.8, 4) is 0 Å². The van der Waals surface area contributed by atoms with Crippen molar-refractivity contribution in [2.24, 2.45) is 0 Å². The van der Waals surface area contributed by atoms with Crippen molar-refractivity contribution in [2.75, 3.05) is 0 Å². The zero-order valence-electron chi connectivity index (χ0n) is 10.3. The van der Waals surface area contributed by atoms with Crippen molar-refractivity contribution >= 4 is 11.9 Å². The molecule has 4 heteroatoms. The molecule has 1 heterocycles. The Morgan fingerprint density at radius 2 is 2.18 bits per heavy atom. The highest BCUT2D eigenvalue weighted by molar-refractivity contribution is 5.93. The Kier molecular flexibility index (Phi) is 4.94. The van der Waals surface area contributed by atoms with Crippen molar-refractivity contribution < 1.29 is 19.4 Å².